The number of phenolic OH excluding ortho intramolecular Hbond substituents is 2. The minimum absolute atomic E-state index is 0. The molecule has 0 saturated heterocycles. The van der Waals surface area contributed by atoms with Crippen LogP contribution in [-0.4, -0.2) is 16.8 Å². The summed E-state index contributed by atoms with van der Waals surface area (Å²) in [6, 6.07) is 4.36. The van der Waals surface area contributed by atoms with Gasteiger partial charge in [0.25, 0.3) is 0 Å². The highest BCUT2D eigenvalue weighted by molar-refractivity contribution is 5.85. The molecule has 0 amide bonds. The van der Waals surface area contributed by atoms with Crippen LogP contribution >= 0.6 is 12.4 Å². The molecule has 1 atom stereocenters. The quantitative estimate of drug-likeness (QED) is 0.567. The van der Waals surface area contributed by atoms with Gasteiger partial charge in [0, 0.05) is 6.04 Å². The summed E-state index contributed by atoms with van der Waals surface area (Å²) in [6.07, 6.45) is 0.657. The van der Waals surface area contributed by atoms with Crippen molar-refractivity contribution in [1.82, 2.24) is 0 Å². The van der Waals surface area contributed by atoms with Crippen LogP contribution in [0.1, 0.15) is 18.0 Å². The second kappa shape index (κ2) is 5.70. The number of nitrogens with two attached hydrogens (primary N) is 2. The summed E-state index contributed by atoms with van der Waals surface area (Å²) in [4.78, 5) is 0. The highest BCUT2D eigenvalue weighted by Gasteiger charge is 2.07. The van der Waals surface area contributed by atoms with Crippen molar-refractivity contribution >= 4 is 12.4 Å². The predicted molar refractivity (Wildman–Crippen MR) is 57.6 cm³/mol. The van der Waals surface area contributed by atoms with Crippen LogP contribution in [0.2, 0.25) is 0 Å². The van der Waals surface area contributed by atoms with E-state index in [2.05, 4.69) is 0 Å². The van der Waals surface area contributed by atoms with Crippen molar-refractivity contribution in [3.05, 3.63) is 23.8 Å². The molecule has 1 rings (SSSR count). The van der Waals surface area contributed by atoms with Gasteiger partial charge in [-0.25, -0.2) is 0 Å². The fourth-order valence-electron chi connectivity index (χ4n) is 1.12. The lowest BCUT2D eigenvalue weighted by molar-refractivity contribution is 0.402. The van der Waals surface area contributed by atoms with Crippen LogP contribution in [0.3, 0.4) is 0 Å². The average Bonchev–Trinajstić information content (AvgIpc) is 2.10. The molecule has 0 saturated carbocycles. The van der Waals surface area contributed by atoms with E-state index >= 15 is 0 Å². The Kier molecular flexibility index (Phi) is 5.30. The Morgan fingerprint density at radius 2 is 1.86 bits per heavy atom. The highest BCUT2D eigenvalue weighted by Crippen LogP contribution is 2.27. The van der Waals surface area contributed by atoms with Crippen LogP contribution < -0.4 is 11.5 Å². The molecule has 1 aromatic carbocycles. The van der Waals surface area contributed by atoms with Gasteiger partial charge < -0.3 is 21.7 Å². The molecule has 0 fully saturated rings. The number of halogens is 1. The molecule has 0 aliphatic heterocycles. The van der Waals surface area contributed by atoms with Gasteiger partial charge in [-0.3, -0.25) is 0 Å². The molecule has 0 aliphatic rings. The fraction of sp³-hybridized carbons (Fsp3) is 0.333. The summed E-state index contributed by atoms with van der Waals surface area (Å²) in [5.41, 5.74) is 11.9. The molecule has 5 heteroatoms. The first kappa shape index (κ1) is 13.0. The van der Waals surface area contributed by atoms with Crippen LogP contribution in [0.4, 0.5) is 0 Å². The third-order valence-electron chi connectivity index (χ3n) is 1.91. The molecular weight excluding hydrogens is 204 g/mol. The molecule has 1 aromatic rings. The first-order valence-electron chi connectivity index (χ1n) is 4.12. The Hall–Kier alpha value is -0.970. The van der Waals surface area contributed by atoms with Crippen molar-refractivity contribution in [3.8, 4) is 11.5 Å². The molecular formula is C9H15ClN2O2. The predicted octanol–water partition coefficient (Wildman–Crippen LogP) is 0.868. The number of aromatic hydroxyl groups is 2. The van der Waals surface area contributed by atoms with E-state index in [1.165, 1.54) is 12.1 Å². The van der Waals surface area contributed by atoms with E-state index in [-0.39, 0.29) is 29.9 Å². The Balaban J connectivity index is 0.00000169. The third-order valence-corrected chi connectivity index (χ3v) is 1.91. The van der Waals surface area contributed by atoms with E-state index in [0.717, 1.165) is 5.56 Å². The highest BCUT2D eigenvalue weighted by atomic mass is 35.5. The Labute approximate surface area is 88.9 Å². The molecule has 0 aromatic heterocycles. The summed E-state index contributed by atoms with van der Waals surface area (Å²) < 4.78 is 0. The SMILES string of the molecule is Cl.NCC[C@H](N)c1ccc(O)c(O)c1. The van der Waals surface area contributed by atoms with E-state index in [1.54, 1.807) is 6.07 Å². The van der Waals surface area contributed by atoms with E-state index in [4.69, 9.17) is 16.6 Å². The van der Waals surface area contributed by atoms with E-state index < -0.39 is 0 Å². The van der Waals surface area contributed by atoms with Crippen molar-refractivity contribution in [2.45, 2.75) is 12.5 Å². The lowest BCUT2D eigenvalue weighted by Crippen LogP contribution is -2.15. The zero-order chi connectivity index (χ0) is 9.84. The number of hydrogen-bond acceptors (Lipinski definition) is 4. The van der Waals surface area contributed by atoms with Gasteiger partial charge in [0.1, 0.15) is 0 Å². The van der Waals surface area contributed by atoms with Crippen LogP contribution in [0, 0.1) is 0 Å². The van der Waals surface area contributed by atoms with Crippen LogP contribution in [0.15, 0.2) is 18.2 Å². The molecule has 0 bridgehead atoms. The Morgan fingerprint density at radius 3 is 2.36 bits per heavy atom. The normalized spacial score (nSPS) is 11.9. The van der Waals surface area contributed by atoms with E-state index in [1.807, 2.05) is 0 Å². The van der Waals surface area contributed by atoms with E-state index in [9.17, 15) is 5.11 Å². The molecule has 4 nitrogen and oxygen atoms in total. The molecule has 80 valence electrons. The monoisotopic (exact) mass is 218 g/mol. The van der Waals surface area contributed by atoms with Crippen molar-refractivity contribution in [2.75, 3.05) is 6.54 Å². The maximum absolute atomic E-state index is 9.18. The summed E-state index contributed by atoms with van der Waals surface area (Å²) >= 11 is 0. The third kappa shape index (κ3) is 3.06. The molecule has 14 heavy (non-hydrogen) atoms. The summed E-state index contributed by atoms with van der Waals surface area (Å²) in [5.74, 6) is -0.284. The average molecular weight is 219 g/mol. The second-order valence-electron chi connectivity index (χ2n) is 2.93. The van der Waals surface area contributed by atoms with Gasteiger partial charge in [-0.15, -0.1) is 12.4 Å². The second-order valence-corrected chi connectivity index (χ2v) is 2.93. The first-order chi connectivity index (χ1) is 6.15. The summed E-state index contributed by atoms with van der Waals surface area (Å²) in [5, 5.41) is 18.2. The number of phenols is 2. The van der Waals surface area contributed by atoms with Crippen molar-refractivity contribution in [1.29, 1.82) is 0 Å². The zero-order valence-corrected chi connectivity index (χ0v) is 8.50. The van der Waals surface area contributed by atoms with Gasteiger partial charge in [-0.05, 0) is 30.7 Å². The van der Waals surface area contributed by atoms with Gasteiger partial charge in [-0.1, -0.05) is 6.07 Å². The summed E-state index contributed by atoms with van der Waals surface area (Å²) in [7, 11) is 0. The Bertz CT molecular complexity index is 294. The molecule has 0 heterocycles. The first-order valence-corrected chi connectivity index (χ1v) is 4.12. The van der Waals surface area contributed by atoms with Gasteiger partial charge in [0.2, 0.25) is 0 Å². The lowest BCUT2D eigenvalue weighted by atomic mass is 10.0. The minimum atomic E-state index is -0.184. The molecule has 6 N–H and O–H groups in total. The standard InChI is InChI=1S/C9H14N2O2.ClH/c10-4-3-7(11)6-1-2-8(12)9(13)5-6;/h1-2,5,7,12-13H,3-4,10-11H2;1H/t7-;/m0./s1. The Morgan fingerprint density at radius 1 is 1.21 bits per heavy atom. The fourth-order valence-corrected chi connectivity index (χ4v) is 1.12. The summed E-state index contributed by atoms with van der Waals surface area (Å²) in [6.45, 7) is 0.503. The number of hydrogen-bond donors (Lipinski definition) is 4. The van der Waals surface area contributed by atoms with Crippen molar-refractivity contribution < 1.29 is 10.2 Å². The molecule has 0 unspecified atom stereocenters. The van der Waals surface area contributed by atoms with Gasteiger partial charge >= 0.3 is 0 Å². The zero-order valence-electron chi connectivity index (χ0n) is 7.68. The number of rotatable bonds is 3. The van der Waals surface area contributed by atoms with Crippen molar-refractivity contribution in [2.24, 2.45) is 11.5 Å². The van der Waals surface area contributed by atoms with E-state index in [0.29, 0.717) is 13.0 Å². The van der Waals surface area contributed by atoms with Crippen LogP contribution in [-0.2, 0) is 0 Å². The van der Waals surface area contributed by atoms with Crippen molar-refractivity contribution in [3.63, 3.8) is 0 Å². The minimum Gasteiger partial charge on any atom is -0.504 e. The van der Waals surface area contributed by atoms with Gasteiger partial charge in [0.05, 0.1) is 0 Å². The van der Waals surface area contributed by atoms with Crippen LogP contribution in [0.25, 0.3) is 0 Å². The largest absolute Gasteiger partial charge is 0.504 e. The van der Waals surface area contributed by atoms with Gasteiger partial charge in [0.15, 0.2) is 11.5 Å². The smallest absolute Gasteiger partial charge is 0.157 e. The van der Waals surface area contributed by atoms with Crippen LogP contribution in [0.5, 0.6) is 11.5 Å². The molecule has 0 spiro atoms. The topological polar surface area (TPSA) is 92.5 Å². The maximum atomic E-state index is 9.18. The molecule has 0 aliphatic carbocycles. The maximum Gasteiger partial charge on any atom is 0.157 e. The molecule has 0 radical (unpaired) electrons. The van der Waals surface area contributed by atoms with Gasteiger partial charge in [-0.2, -0.15) is 0 Å². The number of benzene rings is 1. The lowest BCUT2D eigenvalue weighted by Gasteiger charge is -2.10.